The van der Waals surface area contributed by atoms with Crippen LogP contribution in [0.1, 0.15) is 16.7 Å². The van der Waals surface area contributed by atoms with Crippen molar-refractivity contribution in [1.29, 1.82) is 0 Å². The minimum atomic E-state index is -4.64. The lowest BCUT2D eigenvalue weighted by atomic mass is 9.95. The summed E-state index contributed by atoms with van der Waals surface area (Å²) in [5.41, 5.74) is -0.335. The standard InChI is InChI=1S/C26H18F5NO3S/c27-22-5-1-3-17(13-22)11-19-15-32(16-20(25(19)33)12-18-4-2-6-23(28)14-18)36(34,35)24-9-7-21(8-10-24)26(29,30)31/h1-14H,15-16H2/b19-11+,20-12+. The Bertz CT molecular complexity index is 1410. The van der Waals surface area contributed by atoms with E-state index in [1.54, 1.807) is 0 Å². The first kappa shape index (κ1) is 25.5. The van der Waals surface area contributed by atoms with Gasteiger partial charge in [0.2, 0.25) is 10.0 Å². The molecule has 1 saturated heterocycles. The summed E-state index contributed by atoms with van der Waals surface area (Å²) in [5.74, 6) is -1.63. The number of sulfonamides is 1. The highest BCUT2D eigenvalue weighted by Gasteiger charge is 2.35. The fourth-order valence-corrected chi connectivity index (χ4v) is 5.13. The molecule has 0 aromatic heterocycles. The number of alkyl halides is 3. The topological polar surface area (TPSA) is 54.5 Å². The maximum Gasteiger partial charge on any atom is 0.416 e. The summed E-state index contributed by atoms with van der Waals surface area (Å²) in [5, 5.41) is 0. The lowest BCUT2D eigenvalue weighted by Gasteiger charge is -2.29. The first-order valence-corrected chi connectivity index (χ1v) is 12.0. The molecule has 0 saturated carbocycles. The van der Waals surface area contributed by atoms with Crippen molar-refractivity contribution >= 4 is 28.0 Å². The van der Waals surface area contributed by atoms with E-state index >= 15 is 0 Å². The van der Waals surface area contributed by atoms with E-state index in [-0.39, 0.29) is 29.1 Å². The average Bonchev–Trinajstić information content (AvgIpc) is 2.81. The van der Waals surface area contributed by atoms with E-state index in [1.807, 2.05) is 0 Å². The van der Waals surface area contributed by atoms with Crippen LogP contribution in [0, 0.1) is 11.6 Å². The van der Waals surface area contributed by atoms with Gasteiger partial charge >= 0.3 is 6.18 Å². The van der Waals surface area contributed by atoms with Crippen molar-refractivity contribution in [2.24, 2.45) is 0 Å². The van der Waals surface area contributed by atoms with E-state index in [4.69, 9.17) is 0 Å². The molecule has 1 aliphatic heterocycles. The third-order valence-corrected chi connectivity index (χ3v) is 7.28. The van der Waals surface area contributed by atoms with Crippen LogP contribution < -0.4 is 0 Å². The van der Waals surface area contributed by atoms with Crippen LogP contribution in [0.2, 0.25) is 0 Å². The van der Waals surface area contributed by atoms with Gasteiger partial charge in [0.25, 0.3) is 0 Å². The zero-order valence-electron chi connectivity index (χ0n) is 18.5. The quantitative estimate of drug-likeness (QED) is 0.327. The predicted octanol–water partition coefficient (Wildman–Crippen LogP) is 5.72. The van der Waals surface area contributed by atoms with Crippen LogP contribution in [0.4, 0.5) is 22.0 Å². The number of carbonyl (C=O) groups is 1. The Morgan fingerprint density at radius 2 is 1.22 bits per heavy atom. The number of hydrogen-bond acceptors (Lipinski definition) is 3. The zero-order valence-corrected chi connectivity index (χ0v) is 19.3. The molecule has 1 fully saturated rings. The first-order chi connectivity index (χ1) is 16.9. The molecule has 0 atom stereocenters. The van der Waals surface area contributed by atoms with Crippen molar-refractivity contribution in [3.63, 3.8) is 0 Å². The van der Waals surface area contributed by atoms with E-state index < -0.39 is 39.2 Å². The predicted molar refractivity (Wildman–Crippen MR) is 124 cm³/mol. The molecule has 0 aliphatic carbocycles. The Hall–Kier alpha value is -3.63. The van der Waals surface area contributed by atoms with Crippen molar-refractivity contribution in [3.05, 3.63) is 112 Å². The zero-order chi connectivity index (χ0) is 26.1. The summed E-state index contributed by atoms with van der Waals surface area (Å²) in [7, 11) is -4.33. The average molecular weight is 519 g/mol. The smallest absolute Gasteiger partial charge is 0.289 e. The second kappa shape index (κ2) is 9.79. The lowest BCUT2D eigenvalue weighted by molar-refractivity contribution is -0.137. The van der Waals surface area contributed by atoms with Crippen molar-refractivity contribution in [2.75, 3.05) is 13.1 Å². The molecule has 4 rings (SSSR count). The molecule has 4 nitrogen and oxygen atoms in total. The number of hydrogen-bond donors (Lipinski definition) is 0. The SMILES string of the molecule is O=C1/C(=C/c2cccc(F)c2)CN(S(=O)(=O)c2ccc(C(F)(F)F)cc2)C/C1=C\c1cccc(F)c1. The Morgan fingerprint density at radius 3 is 1.64 bits per heavy atom. The molecule has 36 heavy (non-hydrogen) atoms. The highest BCUT2D eigenvalue weighted by Crippen LogP contribution is 2.31. The second-order valence-corrected chi connectivity index (χ2v) is 10.0. The van der Waals surface area contributed by atoms with Crippen molar-refractivity contribution in [3.8, 4) is 0 Å². The van der Waals surface area contributed by atoms with Crippen LogP contribution in [0.5, 0.6) is 0 Å². The third-order valence-electron chi connectivity index (χ3n) is 5.48. The number of Topliss-reactive ketones (excluding diaryl/α,β-unsaturated/α-hetero) is 1. The molecule has 0 spiro atoms. The monoisotopic (exact) mass is 519 g/mol. The maximum atomic E-state index is 13.7. The van der Waals surface area contributed by atoms with Gasteiger partial charge in [-0.3, -0.25) is 4.79 Å². The van der Waals surface area contributed by atoms with Crippen LogP contribution in [0.3, 0.4) is 0 Å². The minimum absolute atomic E-state index is 0.0185. The number of nitrogens with zero attached hydrogens (tertiary/aromatic N) is 1. The molecule has 0 unspecified atom stereocenters. The van der Waals surface area contributed by atoms with Crippen molar-refractivity contribution in [2.45, 2.75) is 11.1 Å². The third kappa shape index (κ3) is 5.60. The molecule has 0 radical (unpaired) electrons. The molecule has 0 amide bonds. The van der Waals surface area contributed by atoms with Gasteiger partial charge in [0.1, 0.15) is 11.6 Å². The number of rotatable bonds is 4. The Balaban J connectivity index is 1.77. The van der Waals surface area contributed by atoms with Gasteiger partial charge in [-0.25, -0.2) is 17.2 Å². The molecule has 0 bridgehead atoms. The Morgan fingerprint density at radius 1 is 0.750 bits per heavy atom. The molecule has 3 aromatic carbocycles. The number of piperidine rings is 1. The highest BCUT2D eigenvalue weighted by atomic mass is 32.2. The van der Waals surface area contributed by atoms with Crippen LogP contribution in [-0.4, -0.2) is 31.6 Å². The molecule has 1 heterocycles. The van der Waals surface area contributed by atoms with E-state index in [2.05, 4.69) is 0 Å². The van der Waals surface area contributed by atoms with E-state index in [1.165, 1.54) is 60.7 Å². The number of benzene rings is 3. The molecule has 10 heteroatoms. The van der Waals surface area contributed by atoms with Crippen LogP contribution in [0.25, 0.3) is 12.2 Å². The molecule has 186 valence electrons. The summed E-state index contributed by atoms with van der Waals surface area (Å²) in [6, 6.07) is 13.7. The lowest BCUT2D eigenvalue weighted by Crippen LogP contribution is -2.41. The first-order valence-electron chi connectivity index (χ1n) is 10.6. The molecule has 0 N–H and O–H groups in total. The molecule has 1 aliphatic rings. The highest BCUT2D eigenvalue weighted by molar-refractivity contribution is 7.89. The molecular formula is C26H18F5NO3S. The van der Waals surface area contributed by atoms with Gasteiger partial charge < -0.3 is 0 Å². The second-order valence-electron chi connectivity index (χ2n) is 8.07. The Kier molecular flexibility index (Phi) is 6.92. The minimum Gasteiger partial charge on any atom is -0.289 e. The van der Waals surface area contributed by atoms with Gasteiger partial charge in [-0.1, -0.05) is 24.3 Å². The fourth-order valence-electron chi connectivity index (χ4n) is 3.74. The van der Waals surface area contributed by atoms with Gasteiger partial charge in [-0.2, -0.15) is 17.5 Å². The van der Waals surface area contributed by atoms with E-state index in [9.17, 15) is 35.2 Å². The Labute approximate surface area is 204 Å². The molecular weight excluding hydrogens is 501 g/mol. The maximum absolute atomic E-state index is 13.7. The van der Waals surface area contributed by atoms with E-state index in [0.29, 0.717) is 23.3 Å². The van der Waals surface area contributed by atoms with Crippen LogP contribution in [-0.2, 0) is 21.0 Å². The van der Waals surface area contributed by atoms with Crippen molar-refractivity contribution in [1.82, 2.24) is 4.31 Å². The summed E-state index contributed by atoms with van der Waals surface area (Å²) >= 11 is 0. The van der Waals surface area contributed by atoms with Gasteiger partial charge in [0, 0.05) is 24.2 Å². The van der Waals surface area contributed by atoms with Crippen molar-refractivity contribution < 1.29 is 35.2 Å². The summed E-state index contributed by atoms with van der Waals surface area (Å²) in [6.45, 7) is -0.779. The summed E-state index contributed by atoms with van der Waals surface area (Å²) in [6.07, 6.45) is -1.94. The van der Waals surface area contributed by atoms with Gasteiger partial charge in [-0.15, -0.1) is 0 Å². The number of halogens is 5. The van der Waals surface area contributed by atoms with E-state index in [0.717, 1.165) is 16.4 Å². The number of ketones is 1. The largest absolute Gasteiger partial charge is 0.416 e. The van der Waals surface area contributed by atoms with Gasteiger partial charge in [-0.05, 0) is 71.8 Å². The van der Waals surface area contributed by atoms with Crippen LogP contribution >= 0.6 is 0 Å². The van der Waals surface area contributed by atoms with Gasteiger partial charge in [0.15, 0.2) is 5.78 Å². The normalized spacial score (nSPS) is 17.6. The molecule has 3 aromatic rings. The van der Waals surface area contributed by atoms with Crippen LogP contribution in [0.15, 0.2) is 88.8 Å². The summed E-state index contributed by atoms with van der Waals surface area (Å²) in [4.78, 5) is 12.8. The summed E-state index contributed by atoms with van der Waals surface area (Å²) < 4.78 is 93.7. The fraction of sp³-hybridized carbons (Fsp3) is 0.115. The number of carbonyl (C=O) groups excluding carboxylic acids is 1. The van der Waals surface area contributed by atoms with Gasteiger partial charge in [0.05, 0.1) is 10.5 Å².